The van der Waals surface area contributed by atoms with Gasteiger partial charge >= 0.3 is 0 Å². The van der Waals surface area contributed by atoms with Crippen LogP contribution in [0.5, 0.6) is 5.75 Å². The number of benzene rings is 2. The minimum absolute atomic E-state index is 0.0150. The zero-order chi connectivity index (χ0) is 19.5. The van der Waals surface area contributed by atoms with Gasteiger partial charge in [0.2, 0.25) is 9.84 Å². The van der Waals surface area contributed by atoms with E-state index in [2.05, 4.69) is 0 Å². The molecule has 0 aliphatic rings. The van der Waals surface area contributed by atoms with Gasteiger partial charge in [-0.3, -0.25) is 10.0 Å². The van der Waals surface area contributed by atoms with E-state index in [1.54, 1.807) is 6.92 Å². The third kappa shape index (κ3) is 3.50. The first kappa shape index (κ1) is 19.7. The van der Waals surface area contributed by atoms with E-state index in [1.165, 1.54) is 36.9 Å². The Balaban J connectivity index is 2.71. The predicted molar refractivity (Wildman–Crippen MR) is 94.1 cm³/mol. The highest BCUT2D eigenvalue weighted by atomic mass is 32.2. The molecule has 0 aliphatic heterocycles. The standard InChI is InChI=1S/C17H20N2O6S/c1-10-13(7-8-20)14(17(21)19-22)9-15(16(10)18)26(23,24)12-5-3-11(25-2)4-6-12/h3-6,9,20,22H,7-8,18H2,1-2H3,(H,19,21). The van der Waals surface area contributed by atoms with Crippen LogP contribution in [0.25, 0.3) is 0 Å². The Morgan fingerprint density at radius 3 is 2.38 bits per heavy atom. The Kier molecular flexibility index (Phi) is 5.86. The van der Waals surface area contributed by atoms with Gasteiger partial charge in [-0.15, -0.1) is 0 Å². The number of rotatable bonds is 6. The number of aliphatic hydroxyl groups is 1. The third-order valence-electron chi connectivity index (χ3n) is 4.09. The number of methoxy groups -OCH3 is 1. The molecule has 0 saturated heterocycles. The summed E-state index contributed by atoms with van der Waals surface area (Å²) in [5.74, 6) is -0.394. The van der Waals surface area contributed by atoms with Gasteiger partial charge in [0.25, 0.3) is 5.91 Å². The topological polar surface area (TPSA) is 139 Å². The summed E-state index contributed by atoms with van der Waals surface area (Å²) >= 11 is 0. The molecule has 2 aromatic rings. The molecule has 5 N–H and O–H groups in total. The summed E-state index contributed by atoms with van der Waals surface area (Å²) in [6.07, 6.45) is 0.0850. The lowest BCUT2D eigenvalue weighted by Gasteiger charge is -2.17. The molecule has 0 unspecified atom stereocenters. The van der Waals surface area contributed by atoms with Crippen molar-refractivity contribution in [3.8, 4) is 5.75 Å². The summed E-state index contributed by atoms with van der Waals surface area (Å²) in [5, 5.41) is 18.2. The van der Waals surface area contributed by atoms with Crippen LogP contribution in [0.2, 0.25) is 0 Å². The van der Waals surface area contributed by atoms with Crippen LogP contribution in [-0.2, 0) is 16.3 Å². The first-order chi connectivity index (χ1) is 12.3. The highest BCUT2D eigenvalue weighted by Crippen LogP contribution is 2.33. The average Bonchev–Trinajstić information content (AvgIpc) is 2.65. The number of hydroxylamine groups is 1. The number of nitrogens with one attached hydrogen (secondary N) is 1. The molecule has 0 atom stereocenters. The number of carbonyl (C=O) groups excluding carboxylic acids is 1. The number of sulfone groups is 1. The molecular formula is C17H20N2O6S. The van der Waals surface area contributed by atoms with Gasteiger partial charge in [-0.2, -0.15) is 0 Å². The number of carbonyl (C=O) groups is 1. The van der Waals surface area contributed by atoms with Gasteiger partial charge in [-0.25, -0.2) is 13.9 Å². The lowest BCUT2D eigenvalue weighted by Crippen LogP contribution is -2.23. The summed E-state index contributed by atoms with van der Waals surface area (Å²) in [4.78, 5) is 11.7. The van der Waals surface area contributed by atoms with Crippen molar-refractivity contribution >= 4 is 21.4 Å². The van der Waals surface area contributed by atoms with Gasteiger partial charge in [0.15, 0.2) is 0 Å². The lowest BCUT2D eigenvalue weighted by atomic mass is 9.97. The van der Waals surface area contributed by atoms with Crippen LogP contribution in [-0.4, -0.2) is 38.4 Å². The molecule has 2 aromatic carbocycles. The normalized spacial score (nSPS) is 11.2. The van der Waals surface area contributed by atoms with Crippen molar-refractivity contribution in [1.29, 1.82) is 0 Å². The minimum Gasteiger partial charge on any atom is -0.497 e. The number of ether oxygens (including phenoxy) is 1. The number of nitrogen functional groups attached to an aromatic ring is 1. The molecule has 0 radical (unpaired) electrons. The second-order valence-electron chi connectivity index (χ2n) is 5.53. The smallest absolute Gasteiger partial charge is 0.274 e. The predicted octanol–water partition coefficient (Wildman–Crippen LogP) is 1.07. The van der Waals surface area contributed by atoms with Gasteiger partial charge < -0.3 is 15.6 Å². The minimum atomic E-state index is -4.02. The second kappa shape index (κ2) is 7.73. The SMILES string of the molecule is COc1ccc(S(=O)(=O)c2cc(C(=O)NO)c(CCO)c(C)c2N)cc1. The zero-order valence-corrected chi connectivity index (χ0v) is 15.1. The maximum Gasteiger partial charge on any atom is 0.274 e. The number of aliphatic hydroxyl groups excluding tert-OH is 1. The van der Waals surface area contributed by atoms with E-state index in [0.29, 0.717) is 16.9 Å². The number of hydrogen-bond donors (Lipinski definition) is 4. The summed E-state index contributed by atoms with van der Waals surface area (Å²) < 4.78 is 31.0. The summed E-state index contributed by atoms with van der Waals surface area (Å²) in [6, 6.07) is 6.85. The van der Waals surface area contributed by atoms with Gasteiger partial charge in [0, 0.05) is 12.2 Å². The first-order valence-corrected chi connectivity index (χ1v) is 9.12. The van der Waals surface area contributed by atoms with Gasteiger partial charge in [-0.1, -0.05) is 0 Å². The molecule has 0 saturated carbocycles. The molecule has 8 nitrogen and oxygen atoms in total. The average molecular weight is 380 g/mol. The number of amides is 1. The van der Waals surface area contributed by atoms with Crippen molar-refractivity contribution in [2.24, 2.45) is 0 Å². The van der Waals surface area contributed by atoms with E-state index in [9.17, 15) is 18.3 Å². The summed E-state index contributed by atoms with van der Waals surface area (Å²) in [6.45, 7) is 1.29. The molecule has 26 heavy (non-hydrogen) atoms. The van der Waals surface area contributed by atoms with E-state index in [1.807, 2.05) is 0 Å². The van der Waals surface area contributed by atoms with Crippen LogP contribution in [0, 0.1) is 6.92 Å². The van der Waals surface area contributed by atoms with Gasteiger partial charge in [-0.05, 0) is 54.8 Å². The quantitative estimate of drug-likeness (QED) is 0.334. The van der Waals surface area contributed by atoms with E-state index in [0.717, 1.165) is 6.07 Å². The van der Waals surface area contributed by atoms with Crippen molar-refractivity contribution in [2.45, 2.75) is 23.1 Å². The summed E-state index contributed by atoms with van der Waals surface area (Å²) in [5.41, 5.74) is 8.15. The summed E-state index contributed by atoms with van der Waals surface area (Å²) in [7, 11) is -2.55. The fourth-order valence-corrected chi connectivity index (χ4v) is 4.11. The van der Waals surface area contributed by atoms with E-state index >= 15 is 0 Å². The van der Waals surface area contributed by atoms with Gasteiger partial charge in [0.1, 0.15) is 5.75 Å². The van der Waals surface area contributed by atoms with Crippen molar-refractivity contribution < 1.29 is 28.3 Å². The Morgan fingerprint density at radius 2 is 1.88 bits per heavy atom. The molecule has 0 spiro atoms. The fourth-order valence-electron chi connectivity index (χ4n) is 2.65. The van der Waals surface area contributed by atoms with E-state index in [-0.39, 0.29) is 34.1 Å². The Bertz CT molecular complexity index is 923. The van der Waals surface area contributed by atoms with Crippen LogP contribution in [0.15, 0.2) is 40.1 Å². The molecule has 0 fully saturated rings. The van der Waals surface area contributed by atoms with Crippen LogP contribution in [0.3, 0.4) is 0 Å². The van der Waals surface area contributed by atoms with Crippen molar-refractivity contribution in [1.82, 2.24) is 5.48 Å². The Morgan fingerprint density at radius 1 is 1.27 bits per heavy atom. The van der Waals surface area contributed by atoms with Crippen molar-refractivity contribution in [3.05, 3.63) is 47.0 Å². The van der Waals surface area contributed by atoms with Crippen LogP contribution in [0.4, 0.5) is 5.69 Å². The van der Waals surface area contributed by atoms with Crippen LogP contribution < -0.4 is 16.0 Å². The number of nitrogens with two attached hydrogens (primary N) is 1. The molecular weight excluding hydrogens is 360 g/mol. The maximum atomic E-state index is 13.0. The highest BCUT2D eigenvalue weighted by Gasteiger charge is 2.26. The lowest BCUT2D eigenvalue weighted by molar-refractivity contribution is 0.0704. The molecule has 0 bridgehead atoms. The van der Waals surface area contributed by atoms with E-state index < -0.39 is 15.7 Å². The third-order valence-corrected chi connectivity index (χ3v) is 5.90. The highest BCUT2D eigenvalue weighted by molar-refractivity contribution is 7.91. The largest absolute Gasteiger partial charge is 0.497 e. The monoisotopic (exact) mass is 380 g/mol. The molecule has 9 heteroatoms. The van der Waals surface area contributed by atoms with Crippen molar-refractivity contribution in [2.75, 3.05) is 19.5 Å². The molecule has 0 aromatic heterocycles. The maximum absolute atomic E-state index is 13.0. The molecule has 0 heterocycles. The number of anilines is 1. The molecule has 140 valence electrons. The van der Waals surface area contributed by atoms with Crippen LogP contribution >= 0.6 is 0 Å². The van der Waals surface area contributed by atoms with Crippen LogP contribution in [0.1, 0.15) is 21.5 Å². The van der Waals surface area contributed by atoms with Gasteiger partial charge in [0.05, 0.1) is 22.6 Å². The fraction of sp³-hybridized carbons (Fsp3) is 0.235. The van der Waals surface area contributed by atoms with Crippen molar-refractivity contribution in [3.63, 3.8) is 0 Å². The molecule has 2 rings (SSSR count). The van der Waals surface area contributed by atoms with E-state index in [4.69, 9.17) is 15.7 Å². The molecule has 1 amide bonds. The second-order valence-corrected chi connectivity index (χ2v) is 7.45. The Labute approximate surface area is 151 Å². The molecule has 0 aliphatic carbocycles. The number of hydrogen-bond acceptors (Lipinski definition) is 7. The Hall–Kier alpha value is -2.62. The first-order valence-electron chi connectivity index (χ1n) is 7.64. The zero-order valence-electron chi connectivity index (χ0n) is 14.3.